The first-order chi connectivity index (χ1) is 8.24. The highest BCUT2D eigenvalue weighted by Gasteiger charge is 2.08. The fourth-order valence-corrected chi connectivity index (χ4v) is 2.17. The predicted molar refractivity (Wildman–Crippen MR) is 70.4 cm³/mol. The zero-order chi connectivity index (χ0) is 12.5. The summed E-state index contributed by atoms with van der Waals surface area (Å²) in [7, 11) is 0. The molecule has 0 atom stereocenters. The smallest absolute Gasteiger partial charge is 0.220 e. The van der Waals surface area contributed by atoms with Crippen molar-refractivity contribution in [2.45, 2.75) is 39.0 Å². The van der Waals surface area contributed by atoms with Crippen LogP contribution in [0.1, 0.15) is 48.7 Å². The Morgan fingerprint density at radius 2 is 2.12 bits per heavy atom. The SMILES string of the molecule is CCCCCCC(=O)NCC(=O)c1cccs1. The van der Waals surface area contributed by atoms with E-state index < -0.39 is 0 Å². The highest BCUT2D eigenvalue weighted by Crippen LogP contribution is 2.08. The number of Topliss-reactive ketones (excluding diaryl/α,β-unsaturated/α-hetero) is 1. The van der Waals surface area contributed by atoms with Crippen molar-refractivity contribution in [3.63, 3.8) is 0 Å². The number of thiophene rings is 1. The molecule has 0 saturated carbocycles. The monoisotopic (exact) mass is 253 g/mol. The van der Waals surface area contributed by atoms with Gasteiger partial charge in [-0.15, -0.1) is 11.3 Å². The largest absolute Gasteiger partial charge is 0.349 e. The number of amides is 1. The van der Waals surface area contributed by atoms with Crippen LogP contribution >= 0.6 is 11.3 Å². The molecule has 1 aromatic heterocycles. The fraction of sp³-hybridized carbons (Fsp3) is 0.538. The molecule has 0 fully saturated rings. The van der Waals surface area contributed by atoms with Gasteiger partial charge in [-0.25, -0.2) is 0 Å². The molecule has 0 aliphatic heterocycles. The van der Waals surface area contributed by atoms with E-state index in [0.717, 1.165) is 12.8 Å². The van der Waals surface area contributed by atoms with E-state index in [1.54, 1.807) is 6.07 Å². The molecule has 0 bridgehead atoms. The molecule has 1 N–H and O–H groups in total. The maximum Gasteiger partial charge on any atom is 0.220 e. The summed E-state index contributed by atoms with van der Waals surface area (Å²) in [6, 6.07) is 3.62. The van der Waals surface area contributed by atoms with Crippen molar-refractivity contribution in [2.24, 2.45) is 0 Å². The number of ketones is 1. The lowest BCUT2D eigenvalue weighted by atomic mass is 10.1. The number of hydrogen-bond acceptors (Lipinski definition) is 3. The summed E-state index contributed by atoms with van der Waals surface area (Å²) in [5, 5.41) is 4.53. The van der Waals surface area contributed by atoms with Crippen LogP contribution in [-0.4, -0.2) is 18.2 Å². The van der Waals surface area contributed by atoms with E-state index in [9.17, 15) is 9.59 Å². The van der Waals surface area contributed by atoms with Crippen LogP contribution in [0.2, 0.25) is 0 Å². The Kier molecular flexibility index (Phi) is 6.55. The zero-order valence-corrected chi connectivity index (χ0v) is 11.0. The molecule has 0 aliphatic rings. The van der Waals surface area contributed by atoms with Crippen molar-refractivity contribution in [3.05, 3.63) is 22.4 Å². The molecule has 1 heterocycles. The van der Waals surface area contributed by atoms with Gasteiger partial charge in [-0.2, -0.15) is 0 Å². The van der Waals surface area contributed by atoms with Gasteiger partial charge in [-0.3, -0.25) is 9.59 Å². The zero-order valence-electron chi connectivity index (χ0n) is 10.2. The summed E-state index contributed by atoms with van der Waals surface area (Å²) in [4.78, 5) is 23.7. The second-order valence-electron chi connectivity index (χ2n) is 3.99. The lowest BCUT2D eigenvalue weighted by molar-refractivity contribution is -0.121. The Balaban J connectivity index is 2.13. The van der Waals surface area contributed by atoms with Gasteiger partial charge in [0.15, 0.2) is 5.78 Å². The van der Waals surface area contributed by atoms with E-state index in [1.165, 1.54) is 24.2 Å². The van der Waals surface area contributed by atoms with Gasteiger partial charge in [0.1, 0.15) is 0 Å². The number of nitrogens with one attached hydrogen (secondary N) is 1. The number of rotatable bonds is 8. The third-order valence-electron chi connectivity index (χ3n) is 2.50. The average molecular weight is 253 g/mol. The van der Waals surface area contributed by atoms with Crippen molar-refractivity contribution < 1.29 is 9.59 Å². The first kappa shape index (κ1) is 13.9. The fourth-order valence-electron chi connectivity index (χ4n) is 1.50. The van der Waals surface area contributed by atoms with E-state index in [2.05, 4.69) is 12.2 Å². The highest BCUT2D eigenvalue weighted by atomic mass is 32.1. The van der Waals surface area contributed by atoms with Crippen molar-refractivity contribution in [1.82, 2.24) is 5.32 Å². The molecule has 1 aromatic rings. The van der Waals surface area contributed by atoms with E-state index >= 15 is 0 Å². The van der Waals surface area contributed by atoms with Crippen LogP contribution < -0.4 is 5.32 Å². The number of hydrogen-bond donors (Lipinski definition) is 1. The molecule has 1 rings (SSSR count). The molecule has 3 nitrogen and oxygen atoms in total. The summed E-state index contributed by atoms with van der Waals surface area (Å²) in [5.41, 5.74) is 0. The van der Waals surface area contributed by atoms with Gasteiger partial charge in [-0.1, -0.05) is 32.3 Å². The molecule has 4 heteroatoms. The van der Waals surface area contributed by atoms with Crippen LogP contribution in [-0.2, 0) is 4.79 Å². The topological polar surface area (TPSA) is 46.2 Å². The highest BCUT2D eigenvalue weighted by molar-refractivity contribution is 7.12. The predicted octanol–water partition coefficient (Wildman–Crippen LogP) is 3.02. The van der Waals surface area contributed by atoms with Gasteiger partial charge < -0.3 is 5.32 Å². The molecule has 0 radical (unpaired) electrons. The van der Waals surface area contributed by atoms with Gasteiger partial charge in [0.05, 0.1) is 11.4 Å². The van der Waals surface area contributed by atoms with Gasteiger partial charge in [0, 0.05) is 6.42 Å². The molecule has 0 unspecified atom stereocenters. The van der Waals surface area contributed by atoms with Crippen LogP contribution in [0.15, 0.2) is 17.5 Å². The Labute approximate surface area is 106 Å². The van der Waals surface area contributed by atoms with E-state index in [4.69, 9.17) is 0 Å². The van der Waals surface area contributed by atoms with Crippen molar-refractivity contribution in [2.75, 3.05) is 6.54 Å². The van der Waals surface area contributed by atoms with Gasteiger partial charge in [-0.05, 0) is 17.9 Å². The molecule has 1 amide bonds. The minimum atomic E-state index is -0.0222. The van der Waals surface area contributed by atoms with Crippen LogP contribution in [0.5, 0.6) is 0 Å². The molecular weight excluding hydrogens is 234 g/mol. The van der Waals surface area contributed by atoms with Crippen LogP contribution in [0.3, 0.4) is 0 Å². The summed E-state index contributed by atoms with van der Waals surface area (Å²) >= 11 is 1.41. The third-order valence-corrected chi connectivity index (χ3v) is 3.41. The molecule has 94 valence electrons. The quantitative estimate of drug-likeness (QED) is 0.572. The number of carbonyl (C=O) groups is 2. The van der Waals surface area contributed by atoms with Crippen molar-refractivity contribution in [3.8, 4) is 0 Å². The van der Waals surface area contributed by atoms with Gasteiger partial charge in [0.2, 0.25) is 5.91 Å². The van der Waals surface area contributed by atoms with E-state index in [-0.39, 0.29) is 18.2 Å². The van der Waals surface area contributed by atoms with Crippen LogP contribution in [0.25, 0.3) is 0 Å². The van der Waals surface area contributed by atoms with Crippen molar-refractivity contribution in [1.29, 1.82) is 0 Å². The normalized spacial score (nSPS) is 10.2. The minimum Gasteiger partial charge on any atom is -0.349 e. The maximum atomic E-state index is 11.6. The van der Waals surface area contributed by atoms with Gasteiger partial charge in [0.25, 0.3) is 0 Å². The van der Waals surface area contributed by atoms with Crippen molar-refractivity contribution >= 4 is 23.0 Å². The van der Waals surface area contributed by atoms with Crippen LogP contribution in [0, 0.1) is 0 Å². The Hall–Kier alpha value is -1.16. The van der Waals surface area contributed by atoms with Gasteiger partial charge >= 0.3 is 0 Å². The number of unbranched alkanes of at least 4 members (excludes halogenated alkanes) is 3. The molecule has 0 saturated heterocycles. The maximum absolute atomic E-state index is 11.6. The van der Waals surface area contributed by atoms with E-state index in [0.29, 0.717) is 11.3 Å². The number of carbonyl (C=O) groups excluding carboxylic acids is 2. The van der Waals surface area contributed by atoms with E-state index in [1.807, 2.05) is 11.4 Å². The second kappa shape index (κ2) is 8.01. The summed E-state index contributed by atoms with van der Waals surface area (Å²) in [6.07, 6.45) is 4.85. The molecule has 17 heavy (non-hydrogen) atoms. The lowest BCUT2D eigenvalue weighted by Gasteiger charge is -2.03. The Bertz CT molecular complexity index is 346. The first-order valence-corrected chi connectivity index (χ1v) is 6.95. The third kappa shape index (κ3) is 5.63. The summed E-state index contributed by atoms with van der Waals surface area (Å²) in [6.45, 7) is 2.26. The molecule has 0 aromatic carbocycles. The molecule has 0 spiro atoms. The standard InChI is InChI=1S/C13H19NO2S/c1-2-3-4-5-8-13(16)14-10-11(15)12-7-6-9-17-12/h6-7,9H,2-5,8,10H2,1H3,(H,14,16). The van der Waals surface area contributed by atoms with Crippen LogP contribution in [0.4, 0.5) is 0 Å². The lowest BCUT2D eigenvalue weighted by Crippen LogP contribution is -2.28. The summed E-state index contributed by atoms with van der Waals surface area (Å²) < 4.78 is 0. The average Bonchev–Trinajstić information content (AvgIpc) is 2.85. The summed E-state index contributed by atoms with van der Waals surface area (Å²) in [5.74, 6) is -0.0343. The molecular formula is C13H19NO2S. The molecule has 0 aliphatic carbocycles. The Morgan fingerprint density at radius 1 is 1.29 bits per heavy atom. The second-order valence-corrected chi connectivity index (χ2v) is 4.94. The first-order valence-electron chi connectivity index (χ1n) is 6.07. The Morgan fingerprint density at radius 3 is 2.76 bits per heavy atom. The minimum absolute atomic E-state index is 0.0121.